The van der Waals surface area contributed by atoms with E-state index in [-0.39, 0.29) is 16.3 Å². The zero-order valence-corrected chi connectivity index (χ0v) is 17.1. The van der Waals surface area contributed by atoms with Gasteiger partial charge in [-0.1, -0.05) is 12.1 Å². The Morgan fingerprint density at radius 3 is 2.39 bits per heavy atom. The van der Waals surface area contributed by atoms with E-state index in [9.17, 15) is 22.0 Å². The van der Waals surface area contributed by atoms with Crippen LogP contribution in [-0.4, -0.2) is 21.4 Å². The Labute approximate surface area is 178 Å². The number of amides is 1. The third kappa shape index (κ3) is 5.89. The van der Waals surface area contributed by atoms with Crippen LogP contribution in [0.15, 0.2) is 77.7 Å². The first kappa shape index (κ1) is 22.0. The lowest BCUT2D eigenvalue weighted by molar-refractivity contribution is -0.111. The number of carbonyl (C=O) groups excluding carboxylic acids is 1. The molecule has 1 amide bonds. The standard InChI is InChI=1S/C22H18F2N2O4S/c1-30-21-11-8-18(25-22(27)12-5-15-3-2-4-17(24)13-15)14-20(21)26-31(28,29)19-9-6-16(23)7-10-19/h2-14,26H,1H3,(H,25,27)/b12-5+. The predicted octanol–water partition coefficient (Wildman–Crippen LogP) is 4.43. The van der Waals surface area contributed by atoms with Crippen molar-refractivity contribution in [2.75, 3.05) is 17.1 Å². The summed E-state index contributed by atoms with van der Waals surface area (Å²) in [6, 6.07) is 14.5. The molecule has 3 aromatic carbocycles. The molecule has 0 heterocycles. The van der Waals surface area contributed by atoms with Crippen LogP contribution < -0.4 is 14.8 Å². The van der Waals surface area contributed by atoms with Crippen molar-refractivity contribution in [3.05, 3.63) is 90.0 Å². The minimum atomic E-state index is -4.02. The Hall–Kier alpha value is -3.72. The third-order valence-electron chi connectivity index (χ3n) is 4.11. The number of halogens is 2. The van der Waals surface area contributed by atoms with Gasteiger partial charge in [0.1, 0.15) is 17.4 Å². The molecule has 2 N–H and O–H groups in total. The first-order chi connectivity index (χ1) is 14.8. The van der Waals surface area contributed by atoms with Gasteiger partial charge in [0.05, 0.1) is 17.7 Å². The van der Waals surface area contributed by atoms with Gasteiger partial charge < -0.3 is 10.1 Å². The number of rotatable bonds is 7. The van der Waals surface area contributed by atoms with Crippen molar-refractivity contribution in [1.29, 1.82) is 0 Å². The SMILES string of the molecule is COc1ccc(NC(=O)/C=C/c2cccc(F)c2)cc1NS(=O)(=O)c1ccc(F)cc1. The van der Waals surface area contributed by atoms with Gasteiger partial charge >= 0.3 is 0 Å². The van der Waals surface area contributed by atoms with Gasteiger partial charge in [-0.05, 0) is 66.2 Å². The lowest BCUT2D eigenvalue weighted by Gasteiger charge is -2.13. The Balaban J connectivity index is 1.78. The molecule has 3 rings (SSSR count). The van der Waals surface area contributed by atoms with Gasteiger partial charge in [-0.2, -0.15) is 0 Å². The van der Waals surface area contributed by atoms with Crippen LogP contribution in [0.1, 0.15) is 5.56 Å². The average molecular weight is 444 g/mol. The molecule has 0 unspecified atom stereocenters. The molecule has 9 heteroatoms. The number of hydrogen-bond donors (Lipinski definition) is 2. The van der Waals surface area contributed by atoms with Gasteiger partial charge in [0.25, 0.3) is 10.0 Å². The summed E-state index contributed by atoms with van der Waals surface area (Å²) in [6.07, 6.45) is 2.67. The summed E-state index contributed by atoms with van der Waals surface area (Å²) < 4.78 is 59.0. The fourth-order valence-corrected chi connectivity index (χ4v) is 3.71. The third-order valence-corrected chi connectivity index (χ3v) is 5.49. The largest absolute Gasteiger partial charge is 0.495 e. The van der Waals surface area contributed by atoms with Gasteiger partial charge in [0.2, 0.25) is 5.91 Å². The fourth-order valence-electron chi connectivity index (χ4n) is 2.65. The van der Waals surface area contributed by atoms with E-state index >= 15 is 0 Å². The number of carbonyl (C=O) groups is 1. The number of nitrogens with one attached hydrogen (secondary N) is 2. The van der Waals surface area contributed by atoms with Crippen molar-refractivity contribution in [3.63, 3.8) is 0 Å². The van der Waals surface area contributed by atoms with Crippen molar-refractivity contribution < 1.29 is 26.7 Å². The molecular formula is C22H18F2N2O4S. The second kappa shape index (κ2) is 9.40. The molecule has 0 aliphatic heterocycles. The van der Waals surface area contributed by atoms with Gasteiger partial charge in [0, 0.05) is 11.8 Å². The van der Waals surface area contributed by atoms with Crippen molar-refractivity contribution in [2.45, 2.75) is 4.90 Å². The molecule has 0 aromatic heterocycles. The maximum atomic E-state index is 13.2. The number of hydrogen-bond acceptors (Lipinski definition) is 4. The molecule has 0 saturated heterocycles. The predicted molar refractivity (Wildman–Crippen MR) is 114 cm³/mol. The summed E-state index contributed by atoms with van der Waals surface area (Å²) in [5.41, 5.74) is 0.892. The van der Waals surface area contributed by atoms with Gasteiger partial charge in [0.15, 0.2) is 0 Å². The second-order valence-corrected chi connectivity index (χ2v) is 8.03. The number of methoxy groups -OCH3 is 1. The molecule has 0 spiro atoms. The van der Waals surface area contributed by atoms with Crippen molar-refractivity contribution in [3.8, 4) is 5.75 Å². The molecule has 0 aliphatic carbocycles. The Bertz CT molecular complexity index is 1230. The van der Waals surface area contributed by atoms with E-state index in [4.69, 9.17) is 4.74 Å². The average Bonchev–Trinajstić information content (AvgIpc) is 2.73. The number of anilines is 2. The number of sulfonamides is 1. The molecule has 0 bridgehead atoms. The highest BCUT2D eigenvalue weighted by Gasteiger charge is 2.17. The maximum Gasteiger partial charge on any atom is 0.262 e. The first-order valence-corrected chi connectivity index (χ1v) is 10.5. The van der Waals surface area contributed by atoms with Crippen LogP contribution in [0.5, 0.6) is 5.75 Å². The Morgan fingerprint density at radius 2 is 1.71 bits per heavy atom. The smallest absolute Gasteiger partial charge is 0.262 e. The van der Waals surface area contributed by atoms with E-state index in [2.05, 4.69) is 10.0 Å². The van der Waals surface area contributed by atoms with Crippen molar-refractivity contribution in [1.82, 2.24) is 0 Å². The zero-order valence-electron chi connectivity index (χ0n) is 16.3. The van der Waals surface area contributed by atoms with Crippen LogP contribution in [0.4, 0.5) is 20.2 Å². The lowest BCUT2D eigenvalue weighted by Crippen LogP contribution is -2.14. The fraction of sp³-hybridized carbons (Fsp3) is 0.0455. The molecule has 6 nitrogen and oxygen atoms in total. The van der Waals surface area contributed by atoms with E-state index in [1.165, 1.54) is 55.7 Å². The van der Waals surface area contributed by atoms with Gasteiger partial charge in [-0.25, -0.2) is 17.2 Å². The summed E-state index contributed by atoms with van der Waals surface area (Å²) in [6.45, 7) is 0. The minimum Gasteiger partial charge on any atom is -0.495 e. The monoisotopic (exact) mass is 444 g/mol. The zero-order chi connectivity index (χ0) is 22.4. The number of ether oxygens (including phenoxy) is 1. The molecule has 0 saturated carbocycles. The molecule has 3 aromatic rings. The summed E-state index contributed by atoms with van der Waals surface area (Å²) in [7, 11) is -2.65. The maximum absolute atomic E-state index is 13.2. The van der Waals surface area contributed by atoms with Crippen molar-refractivity contribution in [2.24, 2.45) is 0 Å². The van der Waals surface area contributed by atoms with E-state index in [0.717, 1.165) is 24.3 Å². The van der Waals surface area contributed by atoms with Crippen LogP contribution in [0.25, 0.3) is 6.08 Å². The molecule has 0 aliphatic rings. The molecule has 0 radical (unpaired) electrons. The first-order valence-electron chi connectivity index (χ1n) is 8.98. The highest BCUT2D eigenvalue weighted by molar-refractivity contribution is 7.92. The Kier molecular flexibility index (Phi) is 6.66. The summed E-state index contributed by atoms with van der Waals surface area (Å²) in [5.74, 6) is -1.26. The molecular weight excluding hydrogens is 426 g/mol. The summed E-state index contributed by atoms with van der Waals surface area (Å²) in [4.78, 5) is 12.0. The van der Waals surface area contributed by atoms with Crippen LogP contribution in [-0.2, 0) is 14.8 Å². The quantitative estimate of drug-likeness (QED) is 0.528. The lowest BCUT2D eigenvalue weighted by atomic mass is 10.2. The highest BCUT2D eigenvalue weighted by Crippen LogP contribution is 2.30. The van der Waals surface area contributed by atoms with Crippen LogP contribution in [0.2, 0.25) is 0 Å². The van der Waals surface area contributed by atoms with Crippen LogP contribution >= 0.6 is 0 Å². The van der Waals surface area contributed by atoms with Gasteiger partial charge in [-0.3, -0.25) is 9.52 Å². The topological polar surface area (TPSA) is 84.5 Å². The summed E-state index contributed by atoms with van der Waals surface area (Å²) >= 11 is 0. The van der Waals surface area contributed by atoms with Gasteiger partial charge in [-0.15, -0.1) is 0 Å². The highest BCUT2D eigenvalue weighted by atomic mass is 32.2. The van der Waals surface area contributed by atoms with E-state index in [1.807, 2.05) is 0 Å². The second-order valence-electron chi connectivity index (χ2n) is 6.35. The normalized spacial score (nSPS) is 11.3. The van der Waals surface area contributed by atoms with Crippen LogP contribution in [0, 0.1) is 11.6 Å². The molecule has 0 fully saturated rings. The molecule has 31 heavy (non-hydrogen) atoms. The van der Waals surface area contributed by atoms with E-state index < -0.39 is 27.6 Å². The minimum absolute atomic E-state index is 0.0822. The van der Waals surface area contributed by atoms with E-state index in [1.54, 1.807) is 6.07 Å². The van der Waals surface area contributed by atoms with E-state index in [0.29, 0.717) is 11.3 Å². The number of benzene rings is 3. The van der Waals surface area contributed by atoms with Crippen LogP contribution in [0.3, 0.4) is 0 Å². The van der Waals surface area contributed by atoms with Crippen molar-refractivity contribution >= 4 is 33.4 Å². The Morgan fingerprint density at radius 1 is 0.968 bits per heavy atom. The molecule has 0 atom stereocenters. The summed E-state index contributed by atoms with van der Waals surface area (Å²) in [5, 5.41) is 2.59. The molecule has 160 valence electrons.